The van der Waals surface area contributed by atoms with Gasteiger partial charge in [-0.2, -0.15) is 0 Å². The van der Waals surface area contributed by atoms with Gasteiger partial charge in [-0.15, -0.1) is 0 Å². The zero-order valence-electron chi connectivity index (χ0n) is 10.7. The van der Waals surface area contributed by atoms with Crippen LogP contribution in [0.2, 0.25) is 5.02 Å². The van der Waals surface area contributed by atoms with Crippen LogP contribution < -0.4 is 10.5 Å². The van der Waals surface area contributed by atoms with Gasteiger partial charge in [0.25, 0.3) is 0 Å². The second-order valence-corrected chi connectivity index (χ2v) is 5.55. The molecule has 0 aliphatic heterocycles. The summed E-state index contributed by atoms with van der Waals surface area (Å²) in [6, 6.07) is 3.99. The number of nitrogens with zero attached hydrogens (tertiary/aromatic N) is 1. The molecule has 4 heteroatoms. The van der Waals surface area contributed by atoms with Crippen molar-refractivity contribution in [2.24, 2.45) is 12.8 Å². The van der Waals surface area contributed by atoms with Gasteiger partial charge in [-0.3, -0.25) is 0 Å². The van der Waals surface area contributed by atoms with Crippen molar-refractivity contribution in [3.63, 3.8) is 0 Å². The van der Waals surface area contributed by atoms with E-state index in [1.54, 1.807) is 7.11 Å². The Bertz CT molecular complexity index is 614. The minimum absolute atomic E-state index is 0.179. The molecule has 1 heterocycles. The molecule has 1 aliphatic rings. The van der Waals surface area contributed by atoms with Crippen LogP contribution in [-0.4, -0.2) is 18.2 Å². The first-order valence-electron chi connectivity index (χ1n) is 6.14. The number of aryl methyl sites for hydroxylation is 1. The fourth-order valence-electron chi connectivity index (χ4n) is 2.70. The number of hydrogen-bond donors (Lipinski definition) is 1. The highest BCUT2D eigenvalue weighted by molar-refractivity contribution is 6.32. The molecule has 96 valence electrons. The maximum atomic E-state index is 6.19. The summed E-state index contributed by atoms with van der Waals surface area (Å²) < 4.78 is 7.43. The molecular weight excluding hydrogens is 248 g/mol. The first-order chi connectivity index (χ1) is 8.61. The standard InChI is InChI=1S/C14H17ClN2O/c1-17-7-10(14(8-16)3-4-14)9-5-13(18-2)11(15)6-12(9)17/h5-7H,3-4,8,16H2,1-2H3. The molecule has 2 N–H and O–H groups in total. The van der Waals surface area contributed by atoms with Crippen LogP contribution in [0.1, 0.15) is 18.4 Å². The Morgan fingerprint density at radius 2 is 2.17 bits per heavy atom. The number of rotatable bonds is 3. The second-order valence-electron chi connectivity index (χ2n) is 5.14. The minimum Gasteiger partial charge on any atom is -0.495 e. The van der Waals surface area contributed by atoms with Gasteiger partial charge in [0.1, 0.15) is 5.75 Å². The lowest BCUT2D eigenvalue weighted by Crippen LogP contribution is -2.19. The Kier molecular flexibility index (Phi) is 2.57. The van der Waals surface area contributed by atoms with Crippen molar-refractivity contribution in [3.05, 3.63) is 28.9 Å². The van der Waals surface area contributed by atoms with Crippen molar-refractivity contribution in [2.75, 3.05) is 13.7 Å². The highest BCUT2D eigenvalue weighted by atomic mass is 35.5. The molecule has 18 heavy (non-hydrogen) atoms. The van der Waals surface area contributed by atoms with Gasteiger partial charge in [-0.25, -0.2) is 0 Å². The van der Waals surface area contributed by atoms with Crippen LogP contribution in [-0.2, 0) is 12.5 Å². The molecule has 3 nitrogen and oxygen atoms in total. The van der Waals surface area contributed by atoms with Gasteiger partial charge in [-0.05, 0) is 30.5 Å². The molecule has 1 saturated carbocycles. The third kappa shape index (κ3) is 1.54. The molecule has 0 radical (unpaired) electrons. The highest BCUT2D eigenvalue weighted by Crippen LogP contribution is 2.50. The third-order valence-corrected chi connectivity index (χ3v) is 4.37. The van der Waals surface area contributed by atoms with Gasteiger partial charge in [-0.1, -0.05) is 11.6 Å². The number of methoxy groups -OCH3 is 1. The highest BCUT2D eigenvalue weighted by Gasteiger charge is 2.44. The Balaban J connectivity index is 2.27. The lowest BCUT2D eigenvalue weighted by molar-refractivity contribution is 0.415. The zero-order chi connectivity index (χ0) is 12.9. The number of halogens is 1. The van der Waals surface area contributed by atoms with E-state index in [1.165, 1.54) is 23.8 Å². The van der Waals surface area contributed by atoms with Crippen LogP contribution in [0, 0.1) is 0 Å². The molecule has 0 atom stereocenters. The molecule has 3 rings (SSSR count). The molecule has 0 amide bonds. The Labute approximate surface area is 111 Å². The Morgan fingerprint density at radius 3 is 2.72 bits per heavy atom. The second kappa shape index (κ2) is 3.90. The summed E-state index contributed by atoms with van der Waals surface area (Å²) in [5.41, 5.74) is 8.58. The topological polar surface area (TPSA) is 40.2 Å². The first-order valence-corrected chi connectivity index (χ1v) is 6.52. The van der Waals surface area contributed by atoms with E-state index < -0.39 is 0 Å². The molecule has 0 spiro atoms. The summed E-state index contributed by atoms with van der Waals surface area (Å²) in [6.07, 6.45) is 4.53. The van der Waals surface area contributed by atoms with Crippen molar-refractivity contribution in [1.82, 2.24) is 4.57 Å². The number of ether oxygens (including phenoxy) is 1. The van der Waals surface area contributed by atoms with E-state index in [9.17, 15) is 0 Å². The lowest BCUT2D eigenvalue weighted by Gasteiger charge is -2.11. The van der Waals surface area contributed by atoms with Crippen LogP contribution in [0.4, 0.5) is 0 Å². The Hall–Kier alpha value is -1.19. The van der Waals surface area contributed by atoms with Gasteiger partial charge < -0.3 is 15.0 Å². The van der Waals surface area contributed by atoms with Crippen LogP contribution in [0.25, 0.3) is 10.9 Å². The predicted octanol–water partition coefficient (Wildman–Crippen LogP) is 2.83. The van der Waals surface area contributed by atoms with E-state index in [0.29, 0.717) is 11.6 Å². The van der Waals surface area contributed by atoms with Gasteiger partial charge in [0.2, 0.25) is 0 Å². The molecule has 1 aliphatic carbocycles. The van der Waals surface area contributed by atoms with E-state index in [4.69, 9.17) is 22.1 Å². The lowest BCUT2D eigenvalue weighted by atomic mass is 9.95. The van der Waals surface area contributed by atoms with Crippen LogP contribution in [0.5, 0.6) is 5.75 Å². The minimum atomic E-state index is 0.179. The molecule has 0 saturated heterocycles. The quantitative estimate of drug-likeness (QED) is 0.926. The largest absolute Gasteiger partial charge is 0.495 e. The summed E-state index contributed by atoms with van der Waals surface area (Å²) in [5.74, 6) is 0.726. The zero-order valence-corrected chi connectivity index (χ0v) is 11.4. The number of aromatic nitrogens is 1. The number of benzene rings is 1. The maximum Gasteiger partial charge on any atom is 0.138 e. The predicted molar refractivity (Wildman–Crippen MR) is 74.4 cm³/mol. The molecule has 1 fully saturated rings. The fraction of sp³-hybridized carbons (Fsp3) is 0.429. The summed E-state index contributed by atoms with van der Waals surface area (Å²) in [4.78, 5) is 0. The summed E-state index contributed by atoms with van der Waals surface area (Å²) in [6.45, 7) is 0.705. The van der Waals surface area contributed by atoms with E-state index in [-0.39, 0.29) is 5.41 Å². The fourth-order valence-corrected chi connectivity index (χ4v) is 2.93. The van der Waals surface area contributed by atoms with Crippen molar-refractivity contribution < 1.29 is 4.74 Å². The van der Waals surface area contributed by atoms with Crippen molar-refractivity contribution in [2.45, 2.75) is 18.3 Å². The van der Waals surface area contributed by atoms with Crippen LogP contribution >= 0.6 is 11.6 Å². The SMILES string of the molecule is COc1cc2c(C3(CN)CC3)cn(C)c2cc1Cl. The van der Waals surface area contributed by atoms with E-state index in [2.05, 4.69) is 10.8 Å². The average molecular weight is 265 g/mol. The molecule has 1 aromatic carbocycles. The monoisotopic (exact) mass is 264 g/mol. The van der Waals surface area contributed by atoms with E-state index in [0.717, 1.165) is 11.3 Å². The molecule has 0 unspecified atom stereocenters. The number of fused-ring (bicyclic) bond motifs is 1. The van der Waals surface area contributed by atoms with Crippen molar-refractivity contribution >= 4 is 22.5 Å². The average Bonchev–Trinajstić information content (AvgIpc) is 3.10. The maximum absolute atomic E-state index is 6.19. The van der Waals surface area contributed by atoms with Gasteiger partial charge >= 0.3 is 0 Å². The third-order valence-electron chi connectivity index (χ3n) is 4.08. The van der Waals surface area contributed by atoms with Gasteiger partial charge in [0, 0.05) is 36.1 Å². The first kappa shape index (κ1) is 11.9. The van der Waals surface area contributed by atoms with Crippen LogP contribution in [0.15, 0.2) is 18.3 Å². The van der Waals surface area contributed by atoms with Crippen molar-refractivity contribution in [1.29, 1.82) is 0 Å². The smallest absolute Gasteiger partial charge is 0.138 e. The normalized spacial score (nSPS) is 17.1. The molecular formula is C14H17ClN2O. The molecule has 2 aromatic rings. The van der Waals surface area contributed by atoms with Gasteiger partial charge in [0.05, 0.1) is 12.1 Å². The Morgan fingerprint density at radius 1 is 1.44 bits per heavy atom. The van der Waals surface area contributed by atoms with Crippen molar-refractivity contribution in [3.8, 4) is 5.75 Å². The summed E-state index contributed by atoms with van der Waals surface area (Å²) in [7, 11) is 3.69. The molecule has 0 bridgehead atoms. The molecule has 1 aromatic heterocycles. The van der Waals surface area contributed by atoms with Gasteiger partial charge in [0.15, 0.2) is 0 Å². The summed E-state index contributed by atoms with van der Waals surface area (Å²) >= 11 is 6.19. The van der Waals surface area contributed by atoms with E-state index >= 15 is 0 Å². The van der Waals surface area contributed by atoms with E-state index in [1.807, 2.05) is 19.2 Å². The summed E-state index contributed by atoms with van der Waals surface area (Å²) in [5, 5.41) is 1.86. The number of hydrogen-bond acceptors (Lipinski definition) is 2. The van der Waals surface area contributed by atoms with Crippen LogP contribution in [0.3, 0.4) is 0 Å². The number of nitrogens with two attached hydrogens (primary N) is 1.